The summed E-state index contributed by atoms with van der Waals surface area (Å²) in [4.78, 5) is 11.2. The third-order valence-electron chi connectivity index (χ3n) is 1.34. The van der Waals surface area contributed by atoms with Gasteiger partial charge in [-0.15, -0.1) is 0 Å². The van der Waals surface area contributed by atoms with Gasteiger partial charge in [0, 0.05) is 23.2 Å². The standard InChI is InChI=1S/C9H9ClNO/c1-2-11-9(12)7-4-3-5-8(10)6-7/h3-5H,2H2,1H3,(H,11,12). The van der Waals surface area contributed by atoms with Gasteiger partial charge < -0.3 is 5.32 Å². The number of benzene rings is 1. The van der Waals surface area contributed by atoms with Crippen molar-refractivity contribution in [1.82, 2.24) is 5.32 Å². The summed E-state index contributed by atoms with van der Waals surface area (Å²) < 4.78 is 0. The average molecular weight is 183 g/mol. The maximum absolute atomic E-state index is 11.2. The monoisotopic (exact) mass is 182 g/mol. The fourth-order valence-corrected chi connectivity index (χ4v) is 1.00. The summed E-state index contributed by atoms with van der Waals surface area (Å²) in [6, 6.07) is 7.83. The zero-order valence-corrected chi connectivity index (χ0v) is 7.48. The highest BCUT2D eigenvalue weighted by Gasteiger charge is 2.03. The predicted octanol–water partition coefficient (Wildman–Crippen LogP) is 1.89. The van der Waals surface area contributed by atoms with E-state index in [0.29, 0.717) is 17.1 Å². The Labute approximate surface area is 76.5 Å². The number of nitrogens with one attached hydrogen (secondary N) is 1. The van der Waals surface area contributed by atoms with Gasteiger partial charge in [0.25, 0.3) is 5.91 Å². The number of amides is 1. The Morgan fingerprint density at radius 2 is 2.42 bits per heavy atom. The molecule has 0 aliphatic heterocycles. The summed E-state index contributed by atoms with van der Waals surface area (Å²) in [7, 11) is 0. The second kappa shape index (κ2) is 4.12. The number of carbonyl (C=O) groups is 1. The Bertz CT molecular complexity index is 286. The molecule has 1 aromatic carbocycles. The zero-order valence-electron chi connectivity index (χ0n) is 6.73. The van der Waals surface area contributed by atoms with Gasteiger partial charge in [0.2, 0.25) is 0 Å². The first-order chi connectivity index (χ1) is 5.74. The van der Waals surface area contributed by atoms with Gasteiger partial charge in [0.1, 0.15) is 0 Å². The minimum Gasteiger partial charge on any atom is -0.352 e. The van der Waals surface area contributed by atoms with E-state index in [1.54, 1.807) is 18.2 Å². The summed E-state index contributed by atoms with van der Waals surface area (Å²) in [5.41, 5.74) is 0.476. The van der Waals surface area contributed by atoms with Crippen molar-refractivity contribution in [3.05, 3.63) is 34.9 Å². The molecular formula is C9H9ClNO. The van der Waals surface area contributed by atoms with Crippen LogP contribution in [0, 0.1) is 6.07 Å². The molecule has 3 heteroatoms. The van der Waals surface area contributed by atoms with Crippen LogP contribution in [0.4, 0.5) is 0 Å². The molecule has 12 heavy (non-hydrogen) atoms. The number of rotatable bonds is 2. The molecule has 63 valence electrons. The van der Waals surface area contributed by atoms with Gasteiger partial charge in [0.15, 0.2) is 0 Å². The maximum atomic E-state index is 11.2. The lowest BCUT2D eigenvalue weighted by Crippen LogP contribution is -2.22. The fourth-order valence-electron chi connectivity index (χ4n) is 0.829. The van der Waals surface area contributed by atoms with Crippen LogP contribution in [-0.4, -0.2) is 12.5 Å². The molecular weight excluding hydrogens is 174 g/mol. The van der Waals surface area contributed by atoms with E-state index in [0.717, 1.165) is 0 Å². The Balaban J connectivity index is 2.81. The van der Waals surface area contributed by atoms with Gasteiger partial charge in [0.05, 0.1) is 0 Å². The molecule has 1 rings (SSSR count). The highest BCUT2D eigenvalue weighted by Crippen LogP contribution is 2.08. The molecule has 1 radical (unpaired) electrons. The first-order valence-corrected chi connectivity index (χ1v) is 4.08. The van der Waals surface area contributed by atoms with Crippen LogP contribution in [-0.2, 0) is 0 Å². The van der Waals surface area contributed by atoms with Gasteiger partial charge in [-0.05, 0) is 19.1 Å². The van der Waals surface area contributed by atoms with Crippen LogP contribution in [0.5, 0.6) is 0 Å². The van der Waals surface area contributed by atoms with Crippen LogP contribution < -0.4 is 5.32 Å². The van der Waals surface area contributed by atoms with Crippen molar-refractivity contribution in [1.29, 1.82) is 0 Å². The molecule has 0 atom stereocenters. The van der Waals surface area contributed by atoms with Crippen LogP contribution in [0.1, 0.15) is 17.3 Å². The second-order valence-corrected chi connectivity index (χ2v) is 2.68. The van der Waals surface area contributed by atoms with E-state index < -0.39 is 0 Å². The number of carbonyl (C=O) groups excluding carboxylic acids is 1. The number of hydrogen-bond acceptors (Lipinski definition) is 1. The Kier molecular flexibility index (Phi) is 3.11. The SMILES string of the molecule is CCNC(=O)c1[c]c(Cl)ccc1. The third-order valence-corrected chi connectivity index (χ3v) is 1.56. The van der Waals surface area contributed by atoms with Crippen molar-refractivity contribution in [2.75, 3.05) is 6.54 Å². The van der Waals surface area contributed by atoms with Gasteiger partial charge in [-0.3, -0.25) is 4.79 Å². The van der Waals surface area contributed by atoms with Crippen molar-refractivity contribution >= 4 is 17.5 Å². The van der Waals surface area contributed by atoms with Gasteiger partial charge in [-0.2, -0.15) is 0 Å². The van der Waals surface area contributed by atoms with E-state index in [2.05, 4.69) is 11.4 Å². The molecule has 0 bridgehead atoms. The molecule has 0 aliphatic carbocycles. The van der Waals surface area contributed by atoms with E-state index in [1.165, 1.54) is 0 Å². The molecule has 0 saturated carbocycles. The summed E-state index contributed by atoms with van der Waals surface area (Å²) in [5, 5.41) is 3.12. The third kappa shape index (κ3) is 2.24. The molecule has 1 aromatic rings. The summed E-state index contributed by atoms with van der Waals surface area (Å²) in [6.45, 7) is 2.47. The molecule has 0 saturated heterocycles. The van der Waals surface area contributed by atoms with Crippen molar-refractivity contribution in [3.8, 4) is 0 Å². The summed E-state index contributed by atoms with van der Waals surface area (Å²) in [5.74, 6) is -0.139. The molecule has 0 unspecified atom stereocenters. The Hall–Kier alpha value is -1.02. The summed E-state index contributed by atoms with van der Waals surface area (Å²) >= 11 is 5.65. The van der Waals surface area contributed by atoms with Gasteiger partial charge in [-0.1, -0.05) is 17.7 Å². The largest absolute Gasteiger partial charge is 0.352 e. The molecule has 1 N–H and O–H groups in total. The van der Waals surface area contributed by atoms with Crippen LogP contribution in [0.2, 0.25) is 5.02 Å². The van der Waals surface area contributed by atoms with E-state index >= 15 is 0 Å². The van der Waals surface area contributed by atoms with Crippen LogP contribution in [0.25, 0.3) is 0 Å². The lowest BCUT2D eigenvalue weighted by atomic mass is 10.2. The van der Waals surface area contributed by atoms with Crippen molar-refractivity contribution < 1.29 is 4.79 Å². The average Bonchev–Trinajstić information content (AvgIpc) is 2.05. The fraction of sp³-hybridized carbons (Fsp3) is 0.222. The highest BCUT2D eigenvalue weighted by molar-refractivity contribution is 6.30. The van der Waals surface area contributed by atoms with Crippen molar-refractivity contribution in [3.63, 3.8) is 0 Å². The smallest absolute Gasteiger partial charge is 0.251 e. The maximum Gasteiger partial charge on any atom is 0.251 e. The number of halogens is 1. The van der Waals surface area contributed by atoms with Crippen LogP contribution in [0.3, 0.4) is 0 Å². The van der Waals surface area contributed by atoms with E-state index in [4.69, 9.17) is 11.6 Å². The minimum atomic E-state index is -0.139. The van der Waals surface area contributed by atoms with E-state index in [1.807, 2.05) is 6.92 Å². The van der Waals surface area contributed by atoms with Crippen molar-refractivity contribution in [2.24, 2.45) is 0 Å². The van der Waals surface area contributed by atoms with Gasteiger partial charge >= 0.3 is 0 Å². The van der Waals surface area contributed by atoms with Gasteiger partial charge in [-0.25, -0.2) is 0 Å². The first-order valence-electron chi connectivity index (χ1n) is 3.70. The van der Waals surface area contributed by atoms with E-state index in [-0.39, 0.29) is 5.91 Å². The second-order valence-electron chi connectivity index (χ2n) is 2.27. The first kappa shape index (κ1) is 9.07. The topological polar surface area (TPSA) is 29.1 Å². The van der Waals surface area contributed by atoms with E-state index in [9.17, 15) is 4.79 Å². The van der Waals surface area contributed by atoms with Crippen molar-refractivity contribution in [2.45, 2.75) is 6.92 Å². The predicted molar refractivity (Wildman–Crippen MR) is 48.3 cm³/mol. The molecule has 0 spiro atoms. The Morgan fingerprint density at radius 1 is 1.67 bits per heavy atom. The zero-order chi connectivity index (χ0) is 8.97. The molecule has 0 fully saturated rings. The molecule has 0 aromatic heterocycles. The molecule has 0 heterocycles. The normalized spacial score (nSPS) is 9.50. The summed E-state index contributed by atoms with van der Waals surface area (Å²) in [6.07, 6.45) is 0. The minimum absolute atomic E-state index is 0.139. The highest BCUT2D eigenvalue weighted by atomic mass is 35.5. The lowest BCUT2D eigenvalue weighted by Gasteiger charge is -2.00. The lowest BCUT2D eigenvalue weighted by molar-refractivity contribution is 0.0955. The number of hydrogen-bond donors (Lipinski definition) is 1. The van der Waals surface area contributed by atoms with Crippen LogP contribution in [0.15, 0.2) is 18.2 Å². The van der Waals surface area contributed by atoms with Crippen LogP contribution >= 0.6 is 11.6 Å². The molecule has 1 amide bonds. The molecule has 0 aliphatic rings. The Morgan fingerprint density at radius 3 is 3.00 bits per heavy atom. The molecule has 2 nitrogen and oxygen atoms in total. The quantitative estimate of drug-likeness (QED) is 0.744.